The van der Waals surface area contributed by atoms with E-state index in [1.165, 1.54) is 11.1 Å². The third-order valence-electron chi connectivity index (χ3n) is 3.82. The lowest BCUT2D eigenvalue weighted by molar-refractivity contribution is -0.116. The van der Waals surface area contributed by atoms with Gasteiger partial charge < -0.3 is 10.6 Å². The molecule has 4 nitrogen and oxygen atoms in total. The number of nitrogens with one attached hydrogen (secondary N) is 2. The van der Waals surface area contributed by atoms with Crippen LogP contribution in [0.3, 0.4) is 0 Å². The summed E-state index contributed by atoms with van der Waals surface area (Å²) in [7, 11) is 0. The quantitative estimate of drug-likeness (QED) is 0.735. The molecule has 2 N–H and O–H groups in total. The van der Waals surface area contributed by atoms with Gasteiger partial charge in [-0.05, 0) is 36.1 Å². The Kier molecular flexibility index (Phi) is 6.76. The van der Waals surface area contributed by atoms with Crippen molar-refractivity contribution < 1.29 is 4.79 Å². The predicted octanol–water partition coefficient (Wildman–Crippen LogP) is 3.32. The second-order valence-electron chi connectivity index (χ2n) is 5.45. The van der Waals surface area contributed by atoms with E-state index in [1.807, 2.05) is 18.2 Å². The van der Waals surface area contributed by atoms with Crippen LogP contribution in [0, 0.1) is 0 Å². The summed E-state index contributed by atoms with van der Waals surface area (Å²) >= 11 is 0. The van der Waals surface area contributed by atoms with E-state index in [0.717, 1.165) is 24.2 Å². The highest BCUT2D eigenvalue weighted by Crippen LogP contribution is 2.22. The Morgan fingerprint density at radius 1 is 1.04 bits per heavy atom. The number of benzene rings is 1. The fraction of sp³-hybridized carbons (Fsp3) is 0.368. The van der Waals surface area contributed by atoms with Gasteiger partial charge in [0.1, 0.15) is 0 Å². The second kappa shape index (κ2) is 9.06. The molecule has 0 fully saturated rings. The van der Waals surface area contributed by atoms with Crippen molar-refractivity contribution in [2.24, 2.45) is 0 Å². The Balaban J connectivity index is 1.83. The molecule has 1 aromatic carbocycles. The van der Waals surface area contributed by atoms with Gasteiger partial charge in [-0.25, -0.2) is 0 Å². The van der Waals surface area contributed by atoms with Gasteiger partial charge in [0, 0.05) is 31.4 Å². The highest BCUT2D eigenvalue weighted by molar-refractivity contribution is 5.92. The molecule has 2 aromatic rings. The van der Waals surface area contributed by atoms with Crippen molar-refractivity contribution >= 4 is 11.6 Å². The van der Waals surface area contributed by atoms with Gasteiger partial charge in [-0.3, -0.25) is 9.78 Å². The number of nitrogens with zero attached hydrogens (tertiary/aromatic N) is 1. The maximum Gasteiger partial charge on any atom is 0.225 e. The Hall–Kier alpha value is -2.20. The summed E-state index contributed by atoms with van der Waals surface area (Å²) in [5.74, 6) is 0.0501. The first kappa shape index (κ1) is 17.2. The summed E-state index contributed by atoms with van der Waals surface area (Å²) in [4.78, 5) is 16.4. The van der Waals surface area contributed by atoms with Gasteiger partial charge in [-0.15, -0.1) is 0 Å². The summed E-state index contributed by atoms with van der Waals surface area (Å²) in [5, 5.41) is 6.34. The topological polar surface area (TPSA) is 54.0 Å². The molecule has 0 unspecified atom stereocenters. The largest absolute Gasteiger partial charge is 0.326 e. The normalized spacial score (nSPS) is 10.5. The SMILES string of the molecule is CCc1cccc(CC)c1NC(=O)CCNCc1ccccn1. The summed E-state index contributed by atoms with van der Waals surface area (Å²) in [5.41, 5.74) is 4.36. The summed E-state index contributed by atoms with van der Waals surface area (Å²) in [6, 6.07) is 12.0. The van der Waals surface area contributed by atoms with Gasteiger partial charge in [-0.1, -0.05) is 38.1 Å². The Labute approximate surface area is 138 Å². The highest BCUT2D eigenvalue weighted by atomic mass is 16.1. The molecule has 23 heavy (non-hydrogen) atoms. The van der Waals surface area contributed by atoms with E-state index >= 15 is 0 Å². The molecule has 0 radical (unpaired) electrons. The van der Waals surface area contributed by atoms with Crippen LogP contribution in [0.5, 0.6) is 0 Å². The van der Waals surface area contributed by atoms with Crippen molar-refractivity contribution in [3.63, 3.8) is 0 Å². The average Bonchev–Trinajstić information content (AvgIpc) is 2.60. The molecule has 0 saturated heterocycles. The number of carbonyl (C=O) groups excluding carboxylic acids is 1. The van der Waals surface area contributed by atoms with E-state index in [0.29, 0.717) is 19.5 Å². The molecule has 1 aromatic heterocycles. The molecule has 0 aliphatic rings. The summed E-state index contributed by atoms with van der Waals surface area (Å²) in [6.07, 6.45) is 4.06. The molecule has 1 amide bonds. The number of hydrogen-bond acceptors (Lipinski definition) is 3. The number of anilines is 1. The number of pyridine rings is 1. The van der Waals surface area contributed by atoms with Crippen molar-refractivity contribution in [2.45, 2.75) is 39.7 Å². The van der Waals surface area contributed by atoms with Gasteiger partial charge >= 0.3 is 0 Å². The molecule has 122 valence electrons. The monoisotopic (exact) mass is 311 g/mol. The minimum atomic E-state index is 0.0501. The average molecular weight is 311 g/mol. The van der Waals surface area contributed by atoms with Gasteiger partial charge in [0.2, 0.25) is 5.91 Å². The lowest BCUT2D eigenvalue weighted by Gasteiger charge is -2.14. The zero-order valence-electron chi connectivity index (χ0n) is 13.9. The molecule has 0 aliphatic heterocycles. The van der Waals surface area contributed by atoms with E-state index in [1.54, 1.807) is 6.20 Å². The van der Waals surface area contributed by atoms with E-state index in [2.05, 4.69) is 47.7 Å². The van der Waals surface area contributed by atoms with Crippen molar-refractivity contribution in [3.05, 3.63) is 59.4 Å². The summed E-state index contributed by atoms with van der Waals surface area (Å²) < 4.78 is 0. The minimum absolute atomic E-state index is 0.0501. The first-order valence-electron chi connectivity index (χ1n) is 8.25. The summed E-state index contributed by atoms with van der Waals surface area (Å²) in [6.45, 7) is 5.54. The van der Waals surface area contributed by atoms with E-state index in [-0.39, 0.29) is 5.91 Å². The van der Waals surface area contributed by atoms with Crippen LogP contribution in [-0.4, -0.2) is 17.4 Å². The lowest BCUT2D eigenvalue weighted by Crippen LogP contribution is -2.22. The van der Waals surface area contributed by atoms with E-state index in [9.17, 15) is 4.79 Å². The predicted molar refractivity (Wildman–Crippen MR) is 94.4 cm³/mol. The van der Waals surface area contributed by atoms with Crippen LogP contribution < -0.4 is 10.6 Å². The van der Waals surface area contributed by atoms with E-state index in [4.69, 9.17) is 0 Å². The smallest absolute Gasteiger partial charge is 0.225 e. The number of hydrogen-bond donors (Lipinski definition) is 2. The van der Waals surface area contributed by atoms with Gasteiger partial charge in [0.25, 0.3) is 0 Å². The fourth-order valence-electron chi connectivity index (χ4n) is 2.53. The van der Waals surface area contributed by atoms with Crippen LogP contribution in [0.2, 0.25) is 0 Å². The standard InChI is InChI=1S/C19H25N3O/c1-3-15-8-7-9-16(4-2)19(15)22-18(23)11-13-20-14-17-10-5-6-12-21-17/h5-10,12,20H,3-4,11,13-14H2,1-2H3,(H,22,23). The van der Waals surface area contributed by atoms with Crippen molar-refractivity contribution in [1.29, 1.82) is 0 Å². The number of rotatable bonds is 8. The molecule has 0 bridgehead atoms. The van der Waals surface area contributed by atoms with Crippen LogP contribution in [0.25, 0.3) is 0 Å². The molecule has 0 spiro atoms. The van der Waals surface area contributed by atoms with Crippen molar-refractivity contribution in [2.75, 3.05) is 11.9 Å². The van der Waals surface area contributed by atoms with Crippen LogP contribution in [0.1, 0.15) is 37.1 Å². The van der Waals surface area contributed by atoms with Crippen LogP contribution in [0.15, 0.2) is 42.6 Å². The van der Waals surface area contributed by atoms with Gasteiger partial charge in [0.15, 0.2) is 0 Å². The molecular formula is C19H25N3O. The third-order valence-corrected chi connectivity index (χ3v) is 3.82. The zero-order chi connectivity index (χ0) is 16.5. The fourth-order valence-corrected chi connectivity index (χ4v) is 2.53. The molecule has 2 rings (SSSR count). The molecule has 0 aliphatic carbocycles. The van der Waals surface area contributed by atoms with Gasteiger partial charge in [-0.2, -0.15) is 0 Å². The van der Waals surface area contributed by atoms with Crippen LogP contribution in [0.4, 0.5) is 5.69 Å². The number of aryl methyl sites for hydroxylation is 2. The molecular weight excluding hydrogens is 286 g/mol. The first-order chi connectivity index (χ1) is 11.2. The zero-order valence-corrected chi connectivity index (χ0v) is 13.9. The second-order valence-corrected chi connectivity index (χ2v) is 5.45. The number of para-hydroxylation sites is 1. The number of amides is 1. The Morgan fingerprint density at radius 2 is 1.78 bits per heavy atom. The molecule has 0 atom stereocenters. The number of carbonyl (C=O) groups is 1. The highest BCUT2D eigenvalue weighted by Gasteiger charge is 2.09. The van der Waals surface area contributed by atoms with E-state index < -0.39 is 0 Å². The first-order valence-corrected chi connectivity index (χ1v) is 8.25. The van der Waals surface area contributed by atoms with Crippen LogP contribution >= 0.6 is 0 Å². The molecule has 1 heterocycles. The molecule has 0 saturated carbocycles. The third kappa shape index (κ3) is 5.18. The Morgan fingerprint density at radius 3 is 2.39 bits per heavy atom. The van der Waals surface area contributed by atoms with Gasteiger partial charge in [0.05, 0.1) is 5.69 Å². The van der Waals surface area contributed by atoms with Crippen molar-refractivity contribution in [1.82, 2.24) is 10.3 Å². The number of aromatic nitrogens is 1. The minimum Gasteiger partial charge on any atom is -0.326 e. The lowest BCUT2D eigenvalue weighted by atomic mass is 10.0. The van der Waals surface area contributed by atoms with Crippen molar-refractivity contribution in [3.8, 4) is 0 Å². The maximum atomic E-state index is 12.2. The van der Waals surface area contributed by atoms with Crippen LogP contribution in [-0.2, 0) is 24.2 Å². The molecule has 4 heteroatoms. The Bertz CT molecular complexity index is 604. The maximum absolute atomic E-state index is 12.2.